The molecular weight excluding hydrogens is 306 g/mol. The number of carbonyl (C=O) groups is 1. The third-order valence-corrected chi connectivity index (χ3v) is 4.54. The van der Waals surface area contributed by atoms with E-state index in [-0.39, 0.29) is 5.76 Å². The van der Waals surface area contributed by atoms with Crippen molar-refractivity contribution in [2.24, 2.45) is 0 Å². The van der Waals surface area contributed by atoms with Gasteiger partial charge in [-0.05, 0) is 37.5 Å². The molecule has 3 aromatic heterocycles. The number of carboxylic acids is 1. The quantitative estimate of drug-likeness (QED) is 0.801. The lowest BCUT2D eigenvalue weighted by Crippen LogP contribution is -2.04. The molecule has 0 amide bonds. The molecule has 4 rings (SSSR count). The largest absolute Gasteiger partial charge is 0.475 e. The third kappa shape index (κ3) is 2.22. The summed E-state index contributed by atoms with van der Waals surface area (Å²) >= 11 is 0. The van der Waals surface area contributed by atoms with E-state index in [0.29, 0.717) is 18.5 Å². The van der Waals surface area contributed by atoms with Crippen LogP contribution in [0.2, 0.25) is 0 Å². The molecule has 1 N–H and O–H groups in total. The molecule has 0 aliphatic heterocycles. The van der Waals surface area contributed by atoms with E-state index in [1.54, 1.807) is 13.1 Å². The molecule has 122 valence electrons. The Labute approximate surface area is 138 Å². The number of aromatic carboxylic acids is 1. The first-order valence-corrected chi connectivity index (χ1v) is 7.87. The maximum absolute atomic E-state index is 11.3. The number of furan rings is 1. The molecule has 0 saturated carbocycles. The molecule has 0 fully saturated rings. The minimum absolute atomic E-state index is 0.0166. The average molecular weight is 323 g/mol. The molecule has 6 heteroatoms. The highest BCUT2D eigenvalue weighted by molar-refractivity contribution is 5.90. The first-order chi connectivity index (χ1) is 11.5. The fourth-order valence-corrected chi connectivity index (χ4v) is 3.29. The van der Waals surface area contributed by atoms with Crippen molar-refractivity contribution in [3.63, 3.8) is 0 Å². The van der Waals surface area contributed by atoms with Gasteiger partial charge in [-0.15, -0.1) is 0 Å². The lowest BCUT2D eigenvalue weighted by molar-refractivity contribution is 0.0659. The Morgan fingerprint density at radius 2 is 2.21 bits per heavy atom. The molecule has 24 heavy (non-hydrogen) atoms. The number of aromatic nitrogens is 3. The Balaban J connectivity index is 1.76. The van der Waals surface area contributed by atoms with Gasteiger partial charge in [-0.25, -0.2) is 4.79 Å². The van der Waals surface area contributed by atoms with E-state index in [9.17, 15) is 9.90 Å². The predicted molar refractivity (Wildman–Crippen MR) is 87.1 cm³/mol. The molecular formula is C18H17N3O3. The highest BCUT2D eigenvalue weighted by Crippen LogP contribution is 2.38. The molecule has 0 bridgehead atoms. The van der Waals surface area contributed by atoms with Crippen molar-refractivity contribution >= 4 is 5.97 Å². The normalized spacial score (nSPS) is 12.8. The van der Waals surface area contributed by atoms with Crippen LogP contribution in [-0.2, 0) is 19.4 Å². The van der Waals surface area contributed by atoms with Crippen molar-refractivity contribution < 1.29 is 14.3 Å². The molecule has 1 aliphatic rings. The van der Waals surface area contributed by atoms with Crippen LogP contribution in [0, 0.1) is 13.8 Å². The van der Waals surface area contributed by atoms with Gasteiger partial charge in [0.2, 0.25) is 5.76 Å². The van der Waals surface area contributed by atoms with E-state index in [0.717, 1.165) is 40.3 Å². The Morgan fingerprint density at radius 3 is 2.96 bits per heavy atom. The summed E-state index contributed by atoms with van der Waals surface area (Å²) in [6, 6.07) is 3.95. The van der Waals surface area contributed by atoms with Crippen molar-refractivity contribution in [3.05, 3.63) is 58.4 Å². The van der Waals surface area contributed by atoms with Crippen molar-refractivity contribution in [3.8, 4) is 11.3 Å². The fourth-order valence-electron chi connectivity index (χ4n) is 3.29. The average Bonchev–Trinajstić information content (AvgIpc) is 3.10. The highest BCUT2D eigenvalue weighted by atomic mass is 16.4. The predicted octanol–water partition coefficient (Wildman–Crippen LogP) is 3.00. The zero-order valence-electron chi connectivity index (χ0n) is 13.5. The van der Waals surface area contributed by atoms with E-state index < -0.39 is 5.97 Å². The molecule has 0 radical (unpaired) electrons. The van der Waals surface area contributed by atoms with Gasteiger partial charge >= 0.3 is 5.97 Å². The first kappa shape index (κ1) is 14.7. The summed E-state index contributed by atoms with van der Waals surface area (Å²) in [6.45, 7) is 4.41. The molecule has 6 nitrogen and oxygen atoms in total. The van der Waals surface area contributed by atoms with Gasteiger partial charge in [-0.2, -0.15) is 5.10 Å². The fraction of sp³-hybridized carbons (Fsp3) is 0.278. The maximum Gasteiger partial charge on any atom is 0.372 e. The Kier molecular flexibility index (Phi) is 3.26. The number of hydrogen-bond acceptors (Lipinski definition) is 4. The lowest BCUT2D eigenvalue weighted by Gasteiger charge is -2.09. The number of hydrogen-bond donors (Lipinski definition) is 1. The van der Waals surface area contributed by atoms with E-state index in [1.165, 1.54) is 0 Å². The molecule has 0 spiro atoms. The van der Waals surface area contributed by atoms with Gasteiger partial charge in [0.15, 0.2) is 0 Å². The molecule has 0 saturated heterocycles. The van der Waals surface area contributed by atoms with Crippen LogP contribution in [0.25, 0.3) is 11.3 Å². The second kappa shape index (κ2) is 5.33. The number of fused-ring (bicyclic) bond motifs is 3. The summed E-state index contributed by atoms with van der Waals surface area (Å²) in [5.74, 6) is -0.299. The van der Waals surface area contributed by atoms with E-state index >= 15 is 0 Å². The van der Waals surface area contributed by atoms with Crippen molar-refractivity contribution in [1.29, 1.82) is 0 Å². The molecule has 1 aliphatic carbocycles. The molecule has 3 aromatic rings. The van der Waals surface area contributed by atoms with E-state index in [2.05, 4.69) is 10.1 Å². The van der Waals surface area contributed by atoms with Crippen LogP contribution < -0.4 is 0 Å². The second-order valence-corrected chi connectivity index (χ2v) is 6.13. The van der Waals surface area contributed by atoms with Crippen molar-refractivity contribution in [2.45, 2.75) is 33.2 Å². The summed E-state index contributed by atoms with van der Waals surface area (Å²) in [4.78, 5) is 15.7. The maximum atomic E-state index is 11.3. The Morgan fingerprint density at radius 1 is 1.38 bits per heavy atom. The monoisotopic (exact) mass is 323 g/mol. The summed E-state index contributed by atoms with van der Waals surface area (Å²) in [5, 5.41) is 14.0. The Bertz CT molecular complexity index is 953. The summed E-state index contributed by atoms with van der Waals surface area (Å²) in [5.41, 5.74) is 5.55. The van der Waals surface area contributed by atoms with E-state index in [4.69, 9.17) is 4.42 Å². The van der Waals surface area contributed by atoms with Crippen molar-refractivity contribution in [1.82, 2.24) is 14.8 Å². The van der Waals surface area contributed by atoms with Gasteiger partial charge in [-0.1, -0.05) is 6.07 Å². The van der Waals surface area contributed by atoms with Crippen LogP contribution in [0.15, 0.2) is 28.9 Å². The highest BCUT2D eigenvalue weighted by Gasteiger charge is 2.29. The summed E-state index contributed by atoms with van der Waals surface area (Å²) in [6.07, 6.45) is 5.31. The molecule has 3 heterocycles. The van der Waals surface area contributed by atoms with E-state index in [1.807, 2.05) is 29.9 Å². The topological polar surface area (TPSA) is 81.2 Å². The second-order valence-electron chi connectivity index (χ2n) is 6.13. The zero-order chi connectivity index (χ0) is 16.8. The number of pyridine rings is 1. The summed E-state index contributed by atoms with van der Waals surface area (Å²) in [7, 11) is 0. The smallest absolute Gasteiger partial charge is 0.372 e. The van der Waals surface area contributed by atoms with Crippen LogP contribution in [0.5, 0.6) is 0 Å². The zero-order valence-corrected chi connectivity index (χ0v) is 13.5. The van der Waals surface area contributed by atoms with Gasteiger partial charge in [0.05, 0.1) is 17.9 Å². The van der Waals surface area contributed by atoms with Crippen LogP contribution in [0.4, 0.5) is 0 Å². The SMILES string of the molecule is Cc1cccnc1Cn1cc2c(n1)-c1c(oc(C(=O)O)c1C)CC2. The Hall–Kier alpha value is -2.89. The van der Waals surface area contributed by atoms with Gasteiger partial charge in [-0.3, -0.25) is 9.67 Å². The molecule has 0 aromatic carbocycles. The number of rotatable bonds is 3. The minimum atomic E-state index is -1.04. The van der Waals surface area contributed by atoms with Crippen LogP contribution >= 0.6 is 0 Å². The van der Waals surface area contributed by atoms with Crippen LogP contribution in [0.1, 0.15) is 38.7 Å². The third-order valence-electron chi connectivity index (χ3n) is 4.54. The molecule has 0 unspecified atom stereocenters. The van der Waals surface area contributed by atoms with Gasteiger partial charge in [0.1, 0.15) is 5.76 Å². The summed E-state index contributed by atoms with van der Waals surface area (Å²) < 4.78 is 7.42. The lowest BCUT2D eigenvalue weighted by atomic mass is 9.94. The van der Waals surface area contributed by atoms with Crippen LogP contribution in [-0.4, -0.2) is 25.8 Å². The van der Waals surface area contributed by atoms with Gasteiger partial charge in [0, 0.05) is 29.9 Å². The van der Waals surface area contributed by atoms with Crippen molar-refractivity contribution in [2.75, 3.05) is 0 Å². The first-order valence-electron chi connectivity index (χ1n) is 7.87. The number of aryl methyl sites for hydroxylation is 3. The van der Waals surface area contributed by atoms with Crippen LogP contribution in [0.3, 0.4) is 0 Å². The standard InChI is InChI=1S/C18H17N3O3/c1-10-4-3-7-19-13(10)9-21-8-12-5-6-14-15(16(12)20-21)11(2)17(24-14)18(22)23/h3-4,7-8H,5-6,9H2,1-2H3,(H,22,23). The number of carboxylic acid groups (broad SMARTS) is 1. The number of nitrogens with zero attached hydrogens (tertiary/aromatic N) is 3. The van der Waals surface area contributed by atoms with Gasteiger partial charge < -0.3 is 9.52 Å². The molecule has 0 atom stereocenters. The van der Waals surface area contributed by atoms with Gasteiger partial charge in [0.25, 0.3) is 0 Å². The minimum Gasteiger partial charge on any atom is -0.475 e.